The molecule has 2 aromatic heterocycles. The molecule has 0 radical (unpaired) electrons. The zero-order valence-corrected chi connectivity index (χ0v) is 17.6. The monoisotopic (exact) mass is 423 g/mol. The van der Waals surface area contributed by atoms with Gasteiger partial charge in [0.15, 0.2) is 0 Å². The summed E-state index contributed by atoms with van der Waals surface area (Å²) in [6, 6.07) is 6.75. The lowest BCUT2D eigenvalue weighted by molar-refractivity contribution is 0.0499. The highest BCUT2D eigenvalue weighted by atomic mass is 19.1. The summed E-state index contributed by atoms with van der Waals surface area (Å²) >= 11 is 0. The lowest BCUT2D eigenvalue weighted by Crippen LogP contribution is -2.38. The number of fused-ring (bicyclic) bond motifs is 1. The number of nitriles is 1. The van der Waals surface area contributed by atoms with E-state index in [1.165, 1.54) is 16.8 Å². The van der Waals surface area contributed by atoms with Gasteiger partial charge >= 0.3 is 6.09 Å². The number of amides is 1. The highest BCUT2D eigenvalue weighted by molar-refractivity contribution is 5.84. The Labute approximate surface area is 178 Å². The second-order valence-corrected chi connectivity index (χ2v) is 7.86. The Hall–Kier alpha value is -3.80. The molecule has 1 atom stereocenters. The van der Waals surface area contributed by atoms with Crippen molar-refractivity contribution in [3.63, 3.8) is 0 Å². The molecule has 0 bridgehead atoms. The van der Waals surface area contributed by atoms with Crippen LogP contribution in [0.15, 0.2) is 41.5 Å². The van der Waals surface area contributed by atoms with Crippen LogP contribution in [0.3, 0.4) is 0 Å². The third-order valence-corrected chi connectivity index (χ3v) is 4.44. The van der Waals surface area contributed by atoms with Crippen LogP contribution in [0.2, 0.25) is 0 Å². The number of hydrogen-bond donors (Lipinski definition) is 1. The molecule has 0 saturated heterocycles. The fraction of sp³-hybridized carbons (Fsp3) is 0.318. The first-order valence-corrected chi connectivity index (χ1v) is 9.71. The molecule has 1 aromatic carbocycles. The number of hydrogen-bond acceptors (Lipinski definition) is 6. The van der Waals surface area contributed by atoms with Gasteiger partial charge in [-0.05, 0) is 51.5 Å². The van der Waals surface area contributed by atoms with Crippen LogP contribution in [0.1, 0.15) is 51.5 Å². The molecule has 0 fully saturated rings. The van der Waals surface area contributed by atoms with Gasteiger partial charge in [-0.1, -0.05) is 6.92 Å². The molecule has 0 spiro atoms. The number of benzene rings is 1. The van der Waals surface area contributed by atoms with E-state index in [1.807, 2.05) is 6.07 Å². The van der Waals surface area contributed by atoms with Crippen LogP contribution in [-0.4, -0.2) is 26.2 Å². The summed E-state index contributed by atoms with van der Waals surface area (Å²) in [6.45, 7) is 6.97. The summed E-state index contributed by atoms with van der Waals surface area (Å²) < 4.78 is 21.2. The third-order valence-electron chi connectivity index (χ3n) is 4.44. The number of nitrogens with zero attached hydrogens (tertiary/aromatic N) is 4. The minimum absolute atomic E-state index is 0.00578. The fourth-order valence-electron chi connectivity index (χ4n) is 3.13. The molecular formula is C22H22FN5O3. The first kappa shape index (κ1) is 21.9. The highest BCUT2D eigenvalue weighted by Gasteiger charge is 2.26. The number of nitrogens with one attached hydrogen (secondary N) is 1. The van der Waals surface area contributed by atoms with Gasteiger partial charge in [0, 0.05) is 6.20 Å². The molecular weight excluding hydrogens is 401 g/mol. The average molecular weight is 423 g/mol. The lowest BCUT2D eigenvalue weighted by Gasteiger charge is -2.24. The summed E-state index contributed by atoms with van der Waals surface area (Å²) in [7, 11) is 0. The van der Waals surface area contributed by atoms with E-state index in [4.69, 9.17) is 4.74 Å². The van der Waals surface area contributed by atoms with Crippen molar-refractivity contribution in [3.8, 4) is 11.8 Å². The van der Waals surface area contributed by atoms with Gasteiger partial charge in [-0.3, -0.25) is 14.3 Å². The maximum absolute atomic E-state index is 14.6. The Bertz CT molecular complexity index is 1230. The van der Waals surface area contributed by atoms with E-state index in [0.717, 1.165) is 6.07 Å². The van der Waals surface area contributed by atoms with Crippen LogP contribution in [-0.2, 0) is 4.74 Å². The minimum Gasteiger partial charge on any atom is -0.444 e. The number of aromatic nitrogens is 3. The molecule has 0 saturated carbocycles. The van der Waals surface area contributed by atoms with Crippen molar-refractivity contribution >= 4 is 17.0 Å². The lowest BCUT2D eigenvalue weighted by atomic mass is 10.1. The van der Waals surface area contributed by atoms with E-state index < -0.39 is 29.1 Å². The van der Waals surface area contributed by atoms with Crippen LogP contribution in [0.25, 0.3) is 16.6 Å². The van der Waals surface area contributed by atoms with Gasteiger partial charge in [0.2, 0.25) is 0 Å². The molecule has 0 aliphatic rings. The maximum atomic E-state index is 14.6. The SMILES string of the molecule is CC[C@H](NC(=O)OC(C)(C)C)c1nc2c(F)ccc(C#N)c2c(=O)n1-c1cccnc1. The quantitative estimate of drug-likeness (QED) is 0.684. The van der Waals surface area contributed by atoms with E-state index in [0.29, 0.717) is 12.1 Å². The molecule has 2 heterocycles. The number of halogens is 1. The van der Waals surface area contributed by atoms with E-state index in [-0.39, 0.29) is 22.3 Å². The van der Waals surface area contributed by atoms with Crippen molar-refractivity contribution in [2.24, 2.45) is 0 Å². The molecule has 8 nitrogen and oxygen atoms in total. The standard InChI is InChI=1S/C22H22FN5O3/c1-5-16(26-21(30)31-22(2,3)4)19-27-18-15(23)9-8-13(11-24)17(18)20(29)28(19)14-7-6-10-25-12-14/h6-10,12,16H,5H2,1-4H3,(H,26,30)/t16-/m0/s1. The average Bonchev–Trinajstić information content (AvgIpc) is 2.72. The van der Waals surface area contributed by atoms with Crippen molar-refractivity contribution < 1.29 is 13.9 Å². The molecule has 3 rings (SSSR count). The van der Waals surface area contributed by atoms with E-state index in [2.05, 4.69) is 15.3 Å². The Balaban J connectivity index is 2.29. The van der Waals surface area contributed by atoms with Gasteiger partial charge in [0.25, 0.3) is 5.56 Å². The number of alkyl carbamates (subject to hydrolysis) is 1. The van der Waals surface area contributed by atoms with Gasteiger partial charge in [-0.25, -0.2) is 14.2 Å². The summed E-state index contributed by atoms with van der Waals surface area (Å²) in [6.07, 6.45) is 2.64. The number of carbonyl (C=O) groups excluding carboxylic acids is 1. The Kier molecular flexibility index (Phi) is 6.02. The smallest absolute Gasteiger partial charge is 0.408 e. The summed E-state index contributed by atoms with van der Waals surface area (Å²) in [5, 5.41) is 12.0. The number of rotatable bonds is 4. The van der Waals surface area contributed by atoms with Gasteiger partial charge in [-0.2, -0.15) is 5.26 Å². The Morgan fingerprint density at radius 2 is 2.10 bits per heavy atom. The molecule has 1 N–H and O–H groups in total. The molecule has 1 amide bonds. The molecule has 0 aliphatic heterocycles. The van der Waals surface area contributed by atoms with Gasteiger partial charge < -0.3 is 10.1 Å². The number of ether oxygens (including phenoxy) is 1. The largest absolute Gasteiger partial charge is 0.444 e. The van der Waals surface area contributed by atoms with Crippen LogP contribution in [0.4, 0.5) is 9.18 Å². The van der Waals surface area contributed by atoms with Gasteiger partial charge in [0.1, 0.15) is 28.8 Å². The second-order valence-electron chi connectivity index (χ2n) is 7.86. The van der Waals surface area contributed by atoms with Crippen molar-refractivity contribution in [2.45, 2.75) is 45.8 Å². The zero-order valence-electron chi connectivity index (χ0n) is 17.6. The van der Waals surface area contributed by atoms with Crippen molar-refractivity contribution in [3.05, 3.63) is 64.2 Å². The van der Waals surface area contributed by atoms with Crippen molar-refractivity contribution in [1.82, 2.24) is 19.9 Å². The third kappa shape index (κ3) is 4.53. The van der Waals surface area contributed by atoms with E-state index in [1.54, 1.807) is 46.0 Å². The van der Waals surface area contributed by atoms with Crippen molar-refractivity contribution in [1.29, 1.82) is 5.26 Å². The molecule has 31 heavy (non-hydrogen) atoms. The second kappa shape index (κ2) is 8.52. The summed E-state index contributed by atoms with van der Waals surface area (Å²) in [5.74, 6) is -0.634. The minimum atomic E-state index is -0.766. The molecule has 160 valence electrons. The summed E-state index contributed by atoms with van der Waals surface area (Å²) in [4.78, 5) is 34.3. The van der Waals surface area contributed by atoms with Crippen LogP contribution in [0.5, 0.6) is 0 Å². The predicted octanol–water partition coefficient (Wildman–Crippen LogP) is 3.77. The summed E-state index contributed by atoms with van der Waals surface area (Å²) in [5.41, 5.74) is -1.21. The first-order chi connectivity index (χ1) is 14.7. The predicted molar refractivity (Wildman–Crippen MR) is 112 cm³/mol. The van der Waals surface area contributed by atoms with Gasteiger partial charge in [0.05, 0.1) is 28.9 Å². The van der Waals surface area contributed by atoms with Crippen molar-refractivity contribution in [2.75, 3.05) is 0 Å². The fourth-order valence-corrected chi connectivity index (χ4v) is 3.13. The molecule has 0 unspecified atom stereocenters. The number of pyridine rings is 1. The Morgan fingerprint density at radius 1 is 1.35 bits per heavy atom. The maximum Gasteiger partial charge on any atom is 0.408 e. The van der Waals surface area contributed by atoms with Crippen LogP contribution in [0, 0.1) is 17.1 Å². The molecule has 3 aromatic rings. The molecule has 0 aliphatic carbocycles. The van der Waals surface area contributed by atoms with E-state index >= 15 is 0 Å². The number of carbonyl (C=O) groups is 1. The molecule has 9 heteroatoms. The van der Waals surface area contributed by atoms with Gasteiger partial charge in [-0.15, -0.1) is 0 Å². The first-order valence-electron chi connectivity index (χ1n) is 9.71. The normalized spacial score (nSPS) is 12.3. The Morgan fingerprint density at radius 3 is 2.68 bits per heavy atom. The topological polar surface area (TPSA) is 110 Å². The van der Waals surface area contributed by atoms with E-state index in [9.17, 15) is 19.2 Å². The van der Waals surface area contributed by atoms with Crippen LogP contribution < -0.4 is 10.9 Å². The highest BCUT2D eigenvalue weighted by Crippen LogP contribution is 2.23. The van der Waals surface area contributed by atoms with Crippen LogP contribution >= 0.6 is 0 Å². The zero-order chi connectivity index (χ0) is 22.8.